The van der Waals surface area contributed by atoms with Gasteiger partial charge in [-0.2, -0.15) is 0 Å². The Balaban J connectivity index is 2.20. The molecule has 0 saturated carbocycles. The third kappa shape index (κ3) is 2.67. The van der Waals surface area contributed by atoms with Gasteiger partial charge in [0.1, 0.15) is 18.0 Å². The van der Waals surface area contributed by atoms with Crippen molar-refractivity contribution in [1.29, 1.82) is 0 Å². The summed E-state index contributed by atoms with van der Waals surface area (Å²) in [5.41, 5.74) is 1.03. The molecule has 0 aliphatic rings. The number of aromatic nitrogens is 1. The van der Waals surface area contributed by atoms with Crippen molar-refractivity contribution in [3.05, 3.63) is 65.7 Å². The Hall–Kier alpha value is -1.78. The average Bonchev–Trinajstić information content (AvgIpc) is 2.39. The van der Waals surface area contributed by atoms with E-state index in [2.05, 4.69) is 4.98 Å². The molecule has 0 aliphatic heterocycles. The number of halogens is 1. The Labute approximate surface area is 98.2 Å². The van der Waals surface area contributed by atoms with Gasteiger partial charge in [0, 0.05) is 12.4 Å². The molecule has 0 saturated heterocycles. The minimum Gasteiger partial charge on any atom is -0.385 e. The molecule has 0 aliphatic carbocycles. The zero-order valence-corrected chi connectivity index (χ0v) is 8.99. The van der Waals surface area contributed by atoms with Gasteiger partial charge in [0.05, 0.1) is 0 Å². The Bertz CT molecular complexity index is 473. The van der Waals surface area contributed by atoms with E-state index in [9.17, 15) is 14.6 Å². The second kappa shape index (κ2) is 5.03. The molecular weight excluding hydrogens is 221 g/mol. The molecule has 2 aromatic rings. The first-order chi connectivity index (χ1) is 8.18. The number of hydrogen-bond donors (Lipinski definition) is 2. The molecule has 1 aromatic carbocycles. The lowest BCUT2D eigenvalue weighted by atomic mass is 9.99. The van der Waals surface area contributed by atoms with E-state index < -0.39 is 12.2 Å². The summed E-state index contributed by atoms with van der Waals surface area (Å²) in [4.78, 5) is 3.83. The number of hydrogen-bond acceptors (Lipinski definition) is 3. The second-order valence-corrected chi connectivity index (χ2v) is 3.72. The van der Waals surface area contributed by atoms with E-state index in [0.29, 0.717) is 11.1 Å². The molecule has 4 heteroatoms. The van der Waals surface area contributed by atoms with Crippen LogP contribution in [-0.2, 0) is 0 Å². The Morgan fingerprint density at radius 2 is 1.29 bits per heavy atom. The van der Waals surface area contributed by atoms with E-state index in [-0.39, 0.29) is 5.82 Å². The summed E-state index contributed by atoms with van der Waals surface area (Å²) >= 11 is 0. The standard InChI is InChI=1S/C13H12FNO2/c14-11-3-1-9(2-4-11)12(16)13(17)10-5-7-15-8-6-10/h1-8,12-13,16-17H. The summed E-state index contributed by atoms with van der Waals surface area (Å²) in [6, 6.07) is 8.64. The van der Waals surface area contributed by atoms with Gasteiger partial charge in [0.15, 0.2) is 0 Å². The van der Waals surface area contributed by atoms with Crippen LogP contribution in [0.25, 0.3) is 0 Å². The van der Waals surface area contributed by atoms with Gasteiger partial charge >= 0.3 is 0 Å². The molecule has 88 valence electrons. The van der Waals surface area contributed by atoms with Crippen LogP contribution in [0.2, 0.25) is 0 Å². The molecule has 2 atom stereocenters. The SMILES string of the molecule is OC(c1ccncc1)C(O)c1ccc(F)cc1. The van der Waals surface area contributed by atoms with Crippen LogP contribution in [0.4, 0.5) is 4.39 Å². The van der Waals surface area contributed by atoms with Crippen LogP contribution in [0, 0.1) is 5.82 Å². The fourth-order valence-electron chi connectivity index (χ4n) is 1.59. The maximum Gasteiger partial charge on any atom is 0.123 e. The summed E-state index contributed by atoms with van der Waals surface area (Å²) in [6.07, 6.45) is 0.938. The van der Waals surface area contributed by atoms with Crippen molar-refractivity contribution in [1.82, 2.24) is 4.98 Å². The second-order valence-electron chi connectivity index (χ2n) is 3.72. The van der Waals surface area contributed by atoms with Gasteiger partial charge in [-0.3, -0.25) is 4.98 Å². The van der Waals surface area contributed by atoms with Crippen molar-refractivity contribution < 1.29 is 14.6 Å². The molecule has 2 unspecified atom stereocenters. The van der Waals surface area contributed by atoms with Crippen LogP contribution >= 0.6 is 0 Å². The summed E-state index contributed by atoms with van der Waals surface area (Å²) in [6.45, 7) is 0. The Morgan fingerprint density at radius 1 is 0.824 bits per heavy atom. The largest absolute Gasteiger partial charge is 0.385 e. The quantitative estimate of drug-likeness (QED) is 0.852. The molecule has 0 bridgehead atoms. The van der Waals surface area contributed by atoms with Crippen molar-refractivity contribution in [3.8, 4) is 0 Å². The molecule has 0 amide bonds. The molecule has 1 heterocycles. The summed E-state index contributed by atoms with van der Waals surface area (Å²) < 4.78 is 12.7. The summed E-state index contributed by atoms with van der Waals surface area (Å²) in [5.74, 6) is -0.376. The Kier molecular flexibility index (Phi) is 3.46. The lowest BCUT2D eigenvalue weighted by Crippen LogP contribution is -2.10. The third-order valence-electron chi connectivity index (χ3n) is 2.56. The van der Waals surface area contributed by atoms with E-state index >= 15 is 0 Å². The molecule has 2 N–H and O–H groups in total. The summed E-state index contributed by atoms with van der Waals surface area (Å²) in [5, 5.41) is 19.9. The highest BCUT2D eigenvalue weighted by Gasteiger charge is 2.19. The number of nitrogens with zero attached hydrogens (tertiary/aromatic N) is 1. The van der Waals surface area contributed by atoms with Crippen LogP contribution in [0.3, 0.4) is 0 Å². The smallest absolute Gasteiger partial charge is 0.123 e. The minimum absolute atomic E-state index is 0.376. The van der Waals surface area contributed by atoms with Gasteiger partial charge in [-0.15, -0.1) is 0 Å². The highest BCUT2D eigenvalue weighted by Crippen LogP contribution is 2.28. The first-order valence-corrected chi connectivity index (χ1v) is 5.20. The molecule has 0 spiro atoms. The van der Waals surface area contributed by atoms with Crippen LogP contribution in [0.5, 0.6) is 0 Å². The fraction of sp³-hybridized carbons (Fsp3) is 0.154. The molecule has 0 radical (unpaired) electrons. The van der Waals surface area contributed by atoms with Crippen molar-refractivity contribution in [3.63, 3.8) is 0 Å². The van der Waals surface area contributed by atoms with Crippen molar-refractivity contribution in [2.24, 2.45) is 0 Å². The predicted octanol–water partition coefficient (Wildman–Crippen LogP) is 1.99. The van der Waals surface area contributed by atoms with E-state index in [0.717, 1.165) is 0 Å². The zero-order valence-electron chi connectivity index (χ0n) is 8.99. The highest BCUT2D eigenvalue weighted by molar-refractivity contribution is 5.23. The van der Waals surface area contributed by atoms with E-state index in [1.807, 2.05) is 0 Å². The maximum atomic E-state index is 12.7. The number of benzene rings is 1. The van der Waals surface area contributed by atoms with Crippen molar-refractivity contribution in [2.75, 3.05) is 0 Å². The number of rotatable bonds is 3. The Morgan fingerprint density at radius 3 is 1.82 bits per heavy atom. The fourth-order valence-corrected chi connectivity index (χ4v) is 1.59. The van der Waals surface area contributed by atoms with Crippen molar-refractivity contribution >= 4 is 0 Å². The minimum atomic E-state index is -1.09. The highest BCUT2D eigenvalue weighted by atomic mass is 19.1. The molecule has 2 rings (SSSR count). The number of pyridine rings is 1. The van der Waals surface area contributed by atoms with E-state index in [1.165, 1.54) is 36.7 Å². The number of aliphatic hydroxyl groups is 2. The third-order valence-corrected chi connectivity index (χ3v) is 2.56. The lowest BCUT2D eigenvalue weighted by Gasteiger charge is -2.18. The van der Waals surface area contributed by atoms with Crippen LogP contribution in [-0.4, -0.2) is 15.2 Å². The predicted molar refractivity (Wildman–Crippen MR) is 60.6 cm³/mol. The normalized spacial score (nSPS) is 14.3. The molecule has 3 nitrogen and oxygen atoms in total. The molecule has 17 heavy (non-hydrogen) atoms. The lowest BCUT2D eigenvalue weighted by molar-refractivity contribution is 0.0171. The van der Waals surface area contributed by atoms with Crippen LogP contribution in [0.15, 0.2) is 48.8 Å². The molecule has 0 fully saturated rings. The molecule has 1 aromatic heterocycles. The van der Waals surface area contributed by atoms with Crippen LogP contribution < -0.4 is 0 Å². The van der Waals surface area contributed by atoms with Gasteiger partial charge in [0.2, 0.25) is 0 Å². The van der Waals surface area contributed by atoms with Gasteiger partial charge in [-0.1, -0.05) is 12.1 Å². The first kappa shape index (κ1) is 11.7. The zero-order chi connectivity index (χ0) is 12.3. The van der Waals surface area contributed by atoms with Gasteiger partial charge in [0.25, 0.3) is 0 Å². The van der Waals surface area contributed by atoms with E-state index in [1.54, 1.807) is 12.1 Å². The average molecular weight is 233 g/mol. The number of aliphatic hydroxyl groups excluding tert-OH is 2. The van der Waals surface area contributed by atoms with Gasteiger partial charge in [-0.25, -0.2) is 4.39 Å². The molecular formula is C13H12FNO2. The van der Waals surface area contributed by atoms with Gasteiger partial charge < -0.3 is 10.2 Å². The van der Waals surface area contributed by atoms with Crippen molar-refractivity contribution in [2.45, 2.75) is 12.2 Å². The maximum absolute atomic E-state index is 12.7. The first-order valence-electron chi connectivity index (χ1n) is 5.20. The van der Waals surface area contributed by atoms with E-state index in [4.69, 9.17) is 0 Å². The monoisotopic (exact) mass is 233 g/mol. The summed E-state index contributed by atoms with van der Waals surface area (Å²) in [7, 11) is 0. The van der Waals surface area contributed by atoms with Gasteiger partial charge in [-0.05, 0) is 35.4 Å². The topological polar surface area (TPSA) is 53.4 Å². The van der Waals surface area contributed by atoms with Crippen LogP contribution in [0.1, 0.15) is 23.3 Å².